The van der Waals surface area contributed by atoms with Crippen LogP contribution < -0.4 is 0 Å². The Balaban J connectivity index is 0.000000166. The smallest absolute Gasteiger partial charge is 0.337 e. The Morgan fingerprint density at radius 1 is 0.793 bits per heavy atom. The Bertz CT molecular complexity index is 852. The lowest BCUT2D eigenvalue weighted by molar-refractivity contribution is 0.0591. The summed E-state index contributed by atoms with van der Waals surface area (Å²) in [4.78, 5) is 22.5. The summed E-state index contributed by atoms with van der Waals surface area (Å²) in [6, 6.07) is 13.6. The van der Waals surface area contributed by atoms with Crippen LogP contribution in [0.3, 0.4) is 0 Å². The molecule has 2 aliphatic carbocycles. The molecule has 0 heterocycles. The van der Waals surface area contributed by atoms with E-state index in [0.29, 0.717) is 17.0 Å². The number of hydrogen-bond donors (Lipinski definition) is 0. The van der Waals surface area contributed by atoms with Crippen molar-refractivity contribution in [1.29, 1.82) is 0 Å². The van der Waals surface area contributed by atoms with Gasteiger partial charge in [0.2, 0.25) is 0 Å². The second-order valence-electron chi connectivity index (χ2n) is 7.60. The minimum absolute atomic E-state index is 0.256. The number of halogens is 1. The normalized spacial score (nSPS) is 16.0. The van der Waals surface area contributed by atoms with Gasteiger partial charge in [-0.25, -0.2) is 9.59 Å². The van der Waals surface area contributed by atoms with Crippen molar-refractivity contribution >= 4 is 34.5 Å². The molecule has 0 aliphatic heterocycles. The first kappa shape index (κ1) is 21.8. The number of hydrogen-bond acceptors (Lipinski definition) is 4. The largest absolute Gasteiger partial charge is 0.465 e. The third-order valence-electron chi connectivity index (χ3n) is 5.87. The van der Waals surface area contributed by atoms with Crippen molar-refractivity contribution in [3.63, 3.8) is 0 Å². The second-order valence-corrected chi connectivity index (χ2v) is 8.76. The highest BCUT2D eigenvalue weighted by molar-refractivity contribution is 14.1. The number of benzene rings is 2. The molecule has 0 bridgehead atoms. The van der Waals surface area contributed by atoms with Crippen molar-refractivity contribution in [2.75, 3.05) is 14.2 Å². The van der Waals surface area contributed by atoms with Gasteiger partial charge in [-0.15, -0.1) is 0 Å². The summed E-state index contributed by atoms with van der Waals surface area (Å²) in [7, 11) is 2.82. The summed E-state index contributed by atoms with van der Waals surface area (Å²) >= 11 is 2.30. The van der Waals surface area contributed by atoms with Crippen LogP contribution in [0.5, 0.6) is 0 Å². The van der Waals surface area contributed by atoms with Crippen LogP contribution in [0.15, 0.2) is 42.5 Å². The minimum Gasteiger partial charge on any atom is -0.465 e. The van der Waals surface area contributed by atoms with E-state index >= 15 is 0 Å². The van der Waals surface area contributed by atoms with E-state index in [1.54, 1.807) is 0 Å². The molecule has 2 saturated carbocycles. The third kappa shape index (κ3) is 5.38. The van der Waals surface area contributed by atoms with Crippen molar-refractivity contribution < 1.29 is 19.1 Å². The second kappa shape index (κ2) is 10.2. The first-order valence-electron chi connectivity index (χ1n) is 10.1. The van der Waals surface area contributed by atoms with Gasteiger partial charge >= 0.3 is 11.9 Å². The van der Waals surface area contributed by atoms with Gasteiger partial charge in [-0.2, -0.15) is 0 Å². The van der Waals surface area contributed by atoms with E-state index in [9.17, 15) is 9.59 Å². The number of ether oxygens (including phenoxy) is 2. The monoisotopic (exact) mass is 506 g/mol. The number of carbonyl (C=O) groups is 2. The zero-order valence-corrected chi connectivity index (χ0v) is 19.1. The van der Waals surface area contributed by atoms with E-state index in [1.165, 1.54) is 67.4 Å². The average molecular weight is 506 g/mol. The van der Waals surface area contributed by atoms with Crippen molar-refractivity contribution in [1.82, 2.24) is 0 Å². The fraction of sp³-hybridized carbons (Fsp3) is 0.417. The molecule has 0 aromatic heterocycles. The van der Waals surface area contributed by atoms with E-state index in [4.69, 9.17) is 0 Å². The Morgan fingerprint density at radius 2 is 1.31 bits per heavy atom. The van der Waals surface area contributed by atoms with Gasteiger partial charge in [0.25, 0.3) is 0 Å². The molecule has 154 valence electrons. The van der Waals surface area contributed by atoms with Gasteiger partial charge in [-0.3, -0.25) is 0 Å². The molecule has 2 aromatic rings. The fourth-order valence-corrected chi connectivity index (χ4v) is 4.53. The molecule has 2 aliphatic rings. The van der Waals surface area contributed by atoms with Crippen LogP contribution in [0.1, 0.15) is 82.2 Å². The third-order valence-corrected chi connectivity index (χ3v) is 6.81. The highest BCUT2D eigenvalue weighted by Crippen LogP contribution is 2.38. The molecule has 2 aromatic carbocycles. The molecule has 0 saturated heterocycles. The molecule has 4 rings (SSSR count). The molecular weight excluding hydrogens is 479 g/mol. The summed E-state index contributed by atoms with van der Waals surface area (Å²) in [6.07, 6.45) is 7.82. The lowest BCUT2D eigenvalue weighted by Crippen LogP contribution is -2.11. The molecule has 29 heavy (non-hydrogen) atoms. The molecular formula is C24H27IO4. The Hall–Kier alpha value is -1.89. The first-order valence-corrected chi connectivity index (χ1v) is 11.2. The molecule has 2 fully saturated rings. The van der Waals surface area contributed by atoms with Crippen LogP contribution in [0.4, 0.5) is 0 Å². The molecule has 0 spiro atoms. The van der Waals surface area contributed by atoms with E-state index in [-0.39, 0.29) is 11.9 Å². The predicted octanol–water partition coefficient (Wildman–Crippen LogP) is 6.09. The predicted molar refractivity (Wildman–Crippen MR) is 121 cm³/mol. The zero-order chi connectivity index (χ0) is 20.8. The Kier molecular flexibility index (Phi) is 7.70. The van der Waals surface area contributed by atoms with E-state index in [2.05, 4.69) is 38.1 Å². The van der Waals surface area contributed by atoms with E-state index < -0.39 is 0 Å². The van der Waals surface area contributed by atoms with Crippen LogP contribution >= 0.6 is 22.6 Å². The molecule has 0 unspecified atom stereocenters. The summed E-state index contributed by atoms with van der Waals surface area (Å²) < 4.78 is 10.5. The van der Waals surface area contributed by atoms with Crippen molar-refractivity contribution in [2.45, 2.75) is 50.4 Å². The van der Waals surface area contributed by atoms with Crippen LogP contribution in [-0.2, 0) is 9.47 Å². The van der Waals surface area contributed by atoms with Crippen molar-refractivity contribution in [2.24, 2.45) is 0 Å². The topological polar surface area (TPSA) is 52.6 Å². The maximum Gasteiger partial charge on any atom is 0.337 e. The summed E-state index contributed by atoms with van der Waals surface area (Å²) in [5, 5.41) is 0. The quantitative estimate of drug-likeness (QED) is 0.372. The van der Waals surface area contributed by atoms with Gasteiger partial charge in [-0.05, 0) is 95.5 Å². The van der Waals surface area contributed by atoms with Crippen LogP contribution in [-0.4, -0.2) is 26.2 Å². The fourth-order valence-electron chi connectivity index (χ4n) is 3.57. The van der Waals surface area contributed by atoms with Gasteiger partial charge < -0.3 is 9.47 Å². The van der Waals surface area contributed by atoms with Crippen molar-refractivity contribution in [3.8, 4) is 0 Å². The molecule has 0 N–H and O–H groups in total. The molecule has 4 nitrogen and oxygen atoms in total. The van der Waals surface area contributed by atoms with Gasteiger partial charge in [0.15, 0.2) is 0 Å². The van der Waals surface area contributed by atoms with Crippen LogP contribution in [0, 0.1) is 3.57 Å². The molecule has 0 amide bonds. The Morgan fingerprint density at radius 3 is 1.76 bits per heavy atom. The maximum absolute atomic E-state index is 11.3. The molecule has 0 atom stereocenters. The highest BCUT2D eigenvalue weighted by Gasteiger charge is 2.22. The summed E-state index contributed by atoms with van der Waals surface area (Å²) in [5.41, 5.74) is 4.01. The lowest BCUT2D eigenvalue weighted by Gasteiger charge is -2.26. The summed E-state index contributed by atoms with van der Waals surface area (Å²) in [5.74, 6) is 0.920. The van der Waals surface area contributed by atoms with E-state index in [1.807, 2.05) is 36.4 Å². The summed E-state index contributed by atoms with van der Waals surface area (Å²) in [6.45, 7) is 0. The SMILES string of the molecule is COC(=O)c1ccc(C2CCC2)c(I)c1.COC(=O)c1ccc(C2CCC2)cc1. The van der Waals surface area contributed by atoms with Gasteiger partial charge in [0, 0.05) is 3.57 Å². The van der Waals surface area contributed by atoms with E-state index in [0.717, 1.165) is 5.92 Å². The van der Waals surface area contributed by atoms with Crippen molar-refractivity contribution in [3.05, 3.63) is 68.3 Å². The zero-order valence-electron chi connectivity index (χ0n) is 16.9. The van der Waals surface area contributed by atoms with Crippen LogP contribution in [0.2, 0.25) is 0 Å². The molecule has 0 radical (unpaired) electrons. The number of methoxy groups -OCH3 is 2. The number of esters is 2. The van der Waals surface area contributed by atoms with Gasteiger partial charge in [-0.1, -0.05) is 31.0 Å². The van der Waals surface area contributed by atoms with Gasteiger partial charge in [0.05, 0.1) is 25.3 Å². The lowest BCUT2D eigenvalue weighted by atomic mass is 9.80. The minimum atomic E-state index is -0.259. The first-order chi connectivity index (χ1) is 14.0. The average Bonchev–Trinajstić information content (AvgIpc) is 2.66. The highest BCUT2D eigenvalue weighted by atomic mass is 127. The van der Waals surface area contributed by atoms with Crippen LogP contribution in [0.25, 0.3) is 0 Å². The number of carbonyl (C=O) groups excluding carboxylic acids is 2. The number of rotatable bonds is 4. The standard InChI is InChI=1S/C12H13IO2.C12H14O2/c1-15-12(14)9-5-6-10(11(13)7-9)8-3-2-4-8;1-14-12(13)11-7-5-10(6-8-11)9-3-2-4-9/h5-8H,2-4H2,1H3;5-9H,2-4H2,1H3. The Labute approximate surface area is 186 Å². The van der Waals surface area contributed by atoms with Gasteiger partial charge in [0.1, 0.15) is 0 Å². The maximum atomic E-state index is 11.3. The molecule has 5 heteroatoms.